The predicted octanol–water partition coefficient (Wildman–Crippen LogP) is 15.4. The van der Waals surface area contributed by atoms with Gasteiger partial charge in [-0.25, -0.2) is 4.98 Å². The molecule has 0 radical (unpaired) electrons. The summed E-state index contributed by atoms with van der Waals surface area (Å²) in [5, 5.41) is 2.39. The first-order chi connectivity index (χ1) is 31.4. The van der Waals surface area contributed by atoms with E-state index in [2.05, 4.69) is 229 Å². The van der Waals surface area contributed by atoms with Gasteiger partial charge in [0.05, 0.1) is 16.7 Å². The van der Waals surface area contributed by atoms with Crippen molar-refractivity contribution in [2.24, 2.45) is 0 Å². The molecule has 0 saturated heterocycles. The third-order valence-corrected chi connectivity index (χ3v) is 12.4. The Morgan fingerprint density at radius 2 is 1.15 bits per heavy atom. The van der Waals surface area contributed by atoms with Crippen LogP contribution < -0.4 is 19.4 Å². The molecule has 10 aromatic rings. The summed E-state index contributed by atoms with van der Waals surface area (Å²) in [5.41, 5.74) is 15.0. The fourth-order valence-corrected chi connectivity index (χ4v) is 9.44. The molecule has 0 atom stereocenters. The van der Waals surface area contributed by atoms with E-state index in [1.54, 1.807) is 0 Å². The molecular weight excluding hydrogens is 978 g/mol. The molecule has 0 aliphatic carbocycles. The van der Waals surface area contributed by atoms with Crippen molar-refractivity contribution in [1.82, 2.24) is 9.55 Å². The van der Waals surface area contributed by atoms with Crippen molar-refractivity contribution in [3.05, 3.63) is 219 Å². The quantitative estimate of drug-likeness (QED) is 0.155. The Kier molecular flexibility index (Phi) is 9.93. The number of pyridine rings is 1. The van der Waals surface area contributed by atoms with Crippen molar-refractivity contribution in [2.75, 3.05) is 14.7 Å². The molecule has 0 amide bonds. The van der Waals surface area contributed by atoms with Gasteiger partial charge in [0, 0.05) is 77.8 Å². The molecule has 2 aliphatic rings. The fourth-order valence-electron chi connectivity index (χ4n) is 9.44. The first kappa shape index (κ1) is 40.4. The van der Waals surface area contributed by atoms with Crippen LogP contribution in [0.3, 0.4) is 0 Å². The van der Waals surface area contributed by atoms with Crippen molar-refractivity contribution in [3.63, 3.8) is 0 Å². The first-order valence-electron chi connectivity index (χ1n) is 21.7. The van der Waals surface area contributed by atoms with Crippen LogP contribution >= 0.6 is 0 Å². The second-order valence-electron chi connectivity index (χ2n) is 17.3. The molecule has 0 unspecified atom stereocenters. The fraction of sp³-hybridized carbons (Fsp3) is 0.0690. The minimum absolute atomic E-state index is 0. The van der Waals surface area contributed by atoms with Crippen LogP contribution in [0.25, 0.3) is 49.7 Å². The number of rotatable bonds is 6. The minimum atomic E-state index is -0.0647. The molecule has 7 heteroatoms. The van der Waals surface area contributed by atoms with E-state index < -0.39 is 0 Å². The van der Waals surface area contributed by atoms with Crippen LogP contribution in [-0.2, 0) is 26.5 Å². The second-order valence-corrected chi connectivity index (χ2v) is 17.3. The van der Waals surface area contributed by atoms with Gasteiger partial charge in [-0.1, -0.05) is 129 Å². The van der Waals surface area contributed by atoms with E-state index in [-0.39, 0.29) is 26.5 Å². The average Bonchev–Trinajstić information content (AvgIpc) is 3.85. The van der Waals surface area contributed by atoms with Gasteiger partial charge in [-0.15, -0.1) is 48.3 Å². The van der Waals surface area contributed by atoms with Crippen molar-refractivity contribution in [2.45, 2.75) is 26.2 Å². The molecule has 8 aromatic carbocycles. The van der Waals surface area contributed by atoms with Gasteiger partial charge in [-0.2, -0.15) is 12.1 Å². The van der Waals surface area contributed by atoms with E-state index >= 15 is 0 Å². The summed E-state index contributed by atoms with van der Waals surface area (Å²) in [6, 6.07) is 73.4. The Labute approximate surface area is 393 Å². The number of benzene rings is 8. The van der Waals surface area contributed by atoms with E-state index in [1.807, 2.05) is 24.4 Å². The number of aromatic nitrogens is 2. The Bertz CT molecular complexity index is 3430. The summed E-state index contributed by atoms with van der Waals surface area (Å²) < 4.78 is 9.12. The third-order valence-electron chi connectivity index (χ3n) is 12.4. The van der Waals surface area contributed by atoms with Gasteiger partial charge in [0.2, 0.25) is 0 Å². The number of fused-ring (bicyclic) bond motifs is 9. The molecule has 6 nitrogen and oxygen atoms in total. The monoisotopic (exact) mass is 1020 g/mol. The number of ether oxygens (including phenoxy) is 1. The van der Waals surface area contributed by atoms with Crippen molar-refractivity contribution in [1.29, 1.82) is 0 Å². The minimum Gasteiger partial charge on any atom is -0.509 e. The normalized spacial score (nSPS) is 12.9. The summed E-state index contributed by atoms with van der Waals surface area (Å²) >= 11 is 0. The van der Waals surface area contributed by atoms with Gasteiger partial charge in [0.1, 0.15) is 5.82 Å². The number of nitrogens with zero attached hydrogens (tertiary/aromatic N) is 5. The maximum Gasteiger partial charge on any atom is 0.135 e. The Morgan fingerprint density at radius 3 is 1.95 bits per heavy atom. The van der Waals surface area contributed by atoms with E-state index in [0.717, 1.165) is 73.4 Å². The summed E-state index contributed by atoms with van der Waals surface area (Å²) in [6.45, 7) is 8.87. The number of hydrogen-bond acceptors (Lipinski definition) is 5. The van der Waals surface area contributed by atoms with E-state index in [4.69, 9.17) is 9.72 Å². The third kappa shape index (κ3) is 6.79. The van der Waals surface area contributed by atoms with Crippen molar-refractivity contribution in [3.8, 4) is 39.4 Å². The van der Waals surface area contributed by atoms with E-state index in [1.165, 1.54) is 21.9 Å². The summed E-state index contributed by atoms with van der Waals surface area (Å²) in [5.74, 6) is 1.98. The standard InChI is InChI=1S/C58H42N5O.Pt/c1-58(2,3)39-33-34-59-56(35-39)63-49-25-11-9-23-46(49)44-21-7-8-22-45(44)47-32-31-43(37-55(47)63)64-42-20-15-19-41(36-42)60-38-61(52-28-14-13-27-51(52)60)53-29-16-30-54-57(53)48-24-10-12-26-50(48)62(54)40-17-5-4-6-18-40;/h4-35,38H,1-3H3;/q-3;. The van der Waals surface area contributed by atoms with Crippen LogP contribution in [-0.4, -0.2) is 9.55 Å². The van der Waals surface area contributed by atoms with Crippen LogP contribution in [0.15, 0.2) is 194 Å². The van der Waals surface area contributed by atoms with E-state index in [0.29, 0.717) is 11.5 Å². The predicted molar refractivity (Wildman–Crippen MR) is 262 cm³/mol. The molecule has 0 fully saturated rings. The molecule has 0 saturated carbocycles. The van der Waals surface area contributed by atoms with Crippen LogP contribution in [0, 0.1) is 18.8 Å². The Balaban J connectivity index is 0.00000469. The molecule has 0 bridgehead atoms. The summed E-state index contributed by atoms with van der Waals surface area (Å²) in [4.78, 5) is 11.7. The largest absolute Gasteiger partial charge is 0.509 e. The molecule has 2 aliphatic heterocycles. The zero-order valence-corrected chi connectivity index (χ0v) is 38.3. The zero-order chi connectivity index (χ0) is 42.9. The topological polar surface area (TPSA) is 36.8 Å². The van der Waals surface area contributed by atoms with E-state index in [9.17, 15) is 0 Å². The van der Waals surface area contributed by atoms with Crippen molar-refractivity contribution < 1.29 is 25.8 Å². The molecule has 0 N–H and O–H groups in total. The second kappa shape index (κ2) is 16.0. The Morgan fingerprint density at radius 1 is 0.523 bits per heavy atom. The average molecular weight is 1020 g/mol. The van der Waals surface area contributed by atoms with Crippen molar-refractivity contribution >= 4 is 61.7 Å². The number of hydrogen-bond donors (Lipinski definition) is 0. The summed E-state index contributed by atoms with van der Waals surface area (Å²) in [7, 11) is 0. The SMILES string of the molecule is CC(C)(C)c1ccnc(N2c3[c-]c(Oc4[c-]c(N5[CH-]N(c6cccc7c6c6ccccc6n7-c6ccccc6)c6ccccc65)ccc4)ccc3-c3ccccc3-c3ccccc32)c1.[Pt]. The molecule has 2 aromatic heterocycles. The van der Waals surface area contributed by atoms with Gasteiger partial charge in [0.25, 0.3) is 0 Å². The molecule has 4 heterocycles. The molecule has 318 valence electrons. The zero-order valence-electron chi connectivity index (χ0n) is 36.0. The van der Waals surface area contributed by atoms with Gasteiger partial charge in [0.15, 0.2) is 0 Å². The number of para-hydroxylation sites is 5. The number of anilines is 7. The maximum absolute atomic E-state index is 6.76. The molecule has 12 rings (SSSR count). The van der Waals surface area contributed by atoms with Crippen LogP contribution in [0.4, 0.5) is 39.9 Å². The van der Waals surface area contributed by atoms with Crippen LogP contribution in [0.5, 0.6) is 11.5 Å². The smallest absolute Gasteiger partial charge is 0.135 e. The molecular formula is C58H42N5OPt-3. The summed E-state index contributed by atoms with van der Waals surface area (Å²) in [6.07, 6.45) is 1.91. The van der Waals surface area contributed by atoms with Crippen LogP contribution in [0.1, 0.15) is 26.3 Å². The molecule has 65 heavy (non-hydrogen) atoms. The molecule has 0 spiro atoms. The van der Waals surface area contributed by atoms with Crippen LogP contribution in [0.2, 0.25) is 0 Å². The maximum atomic E-state index is 6.76. The Hall–Kier alpha value is -7.40. The van der Waals surface area contributed by atoms with Gasteiger partial charge >= 0.3 is 0 Å². The van der Waals surface area contributed by atoms with Gasteiger partial charge in [-0.05, 0) is 77.2 Å². The first-order valence-corrected chi connectivity index (χ1v) is 21.7. The van der Waals surface area contributed by atoms with Gasteiger partial charge in [-0.3, -0.25) is 0 Å². The van der Waals surface area contributed by atoms with Gasteiger partial charge < -0.3 is 24.0 Å².